The van der Waals surface area contributed by atoms with E-state index in [0.29, 0.717) is 6.54 Å². The van der Waals surface area contributed by atoms with Crippen molar-refractivity contribution in [1.29, 1.82) is 0 Å². The number of benzene rings is 1. The van der Waals surface area contributed by atoms with Gasteiger partial charge in [-0.25, -0.2) is 14.7 Å². The Labute approximate surface area is 118 Å². The lowest BCUT2D eigenvalue weighted by Crippen LogP contribution is -2.45. The van der Waals surface area contributed by atoms with E-state index in [9.17, 15) is 4.79 Å². The first-order valence-electron chi connectivity index (χ1n) is 6.89. The number of nitrogens with zero attached hydrogens (tertiary/aromatic N) is 3. The summed E-state index contributed by atoms with van der Waals surface area (Å²) in [5, 5.41) is 0. The van der Waals surface area contributed by atoms with Crippen LogP contribution in [0.5, 0.6) is 0 Å². The summed E-state index contributed by atoms with van der Waals surface area (Å²) in [6.07, 6.45) is 2.68. The molecule has 0 bridgehead atoms. The summed E-state index contributed by atoms with van der Waals surface area (Å²) in [4.78, 5) is 20.7. The van der Waals surface area contributed by atoms with Gasteiger partial charge in [0.2, 0.25) is 0 Å². The molecule has 0 aliphatic carbocycles. The molecule has 0 atom stereocenters. The van der Waals surface area contributed by atoms with Crippen LogP contribution in [0.2, 0.25) is 0 Å². The number of anilines is 2. The molecule has 0 spiro atoms. The zero-order valence-corrected chi connectivity index (χ0v) is 11.5. The van der Waals surface area contributed by atoms with E-state index in [0.717, 1.165) is 30.0 Å². The molecule has 0 N–H and O–H groups in total. The molecule has 2 heterocycles. The Kier molecular flexibility index (Phi) is 3.37. The van der Waals surface area contributed by atoms with Gasteiger partial charge in [-0.3, -0.25) is 0 Å². The average Bonchev–Trinajstić information content (AvgIpc) is 2.49. The minimum atomic E-state index is 0.00394. The predicted octanol–water partition coefficient (Wildman–Crippen LogP) is 3.57. The molecule has 0 saturated carbocycles. The van der Waals surface area contributed by atoms with Gasteiger partial charge in [-0.15, -0.1) is 0 Å². The van der Waals surface area contributed by atoms with Gasteiger partial charge in [0.15, 0.2) is 0 Å². The van der Waals surface area contributed by atoms with Crippen LogP contribution in [0, 0.1) is 0 Å². The molecule has 2 amide bonds. The Morgan fingerprint density at radius 2 is 1.95 bits per heavy atom. The van der Waals surface area contributed by atoms with Crippen LogP contribution < -0.4 is 4.90 Å². The summed E-state index contributed by atoms with van der Waals surface area (Å²) < 4.78 is 0. The third-order valence-electron chi connectivity index (χ3n) is 3.41. The Bertz CT molecular complexity index is 612. The van der Waals surface area contributed by atoms with E-state index in [1.54, 1.807) is 11.1 Å². The van der Waals surface area contributed by atoms with E-state index in [1.165, 1.54) is 0 Å². The highest BCUT2D eigenvalue weighted by Gasteiger charge is 2.31. The topological polar surface area (TPSA) is 36.4 Å². The minimum Gasteiger partial charge on any atom is -0.320 e. The molecular weight excluding hydrogens is 250 g/mol. The number of carbonyl (C=O) groups excluding carboxylic acids is 1. The molecule has 20 heavy (non-hydrogen) atoms. The van der Waals surface area contributed by atoms with Crippen LogP contribution >= 0.6 is 0 Å². The van der Waals surface area contributed by atoms with Crippen LogP contribution in [0.25, 0.3) is 0 Å². The SMILES string of the molecule is CCCN1Cc2cccnc2N(c2ccccc2)C1=O. The molecule has 2 aromatic rings. The van der Waals surface area contributed by atoms with Gasteiger partial charge >= 0.3 is 6.03 Å². The van der Waals surface area contributed by atoms with Crippen LogP contribution in [0.4, 0.5) is 16.3 Å². The number of aromatic nitrogens is 1. The predicted molar refractivity (Wildman–Crippen MR) is 78.9 cm³/mol. The summed E-state index contributed by atoms with van der Waals surface area (Å²) in [5.74, 6) is 0.746. The summed E-state index contributed by atoms with van der Waals surface area (Å²) in [5.41, 5.74) is 1.95. The average molecular weight is 267 g/mol. The maximum atomic E-state index is 12.7. The largest absolute Gasteiger partial charge is 0.330 e. The number of pyridine rings is 1. The minimum absolute atomic E-state index is 0.00394. The molecule has 1 aliphatic rings. The summed E-state index contributed by atoms with van der Waals surface area (Å²) in [7, 11) is 0. The van der Waals surface area contributed by atoms with E-state index in [2.05, 4.69) is 11.9 Å². The summed E-state index contributed by atoms with van der Waals surface area (Å²) in [6, 6.07) is 13.6. The molecule has 0 unspecified atom stereocenters. The van der Waals surface area contributed by atoms with Crippen LogP contribution in [-0.2, 0) is 6.54 Å². The maximum absolute atomic E-state index is 12.7. The van der Waals surface area contributed by atoms with Gasteiger partial charge < -0.3 is 4.90 Å². The Morgan fingerprint density at radius 1 is 1.15 bits per heavy atom. The first-order chi connectivity index (χ1) is 9.81. The number of fused-ring (bicyclic) bond motifs is 1. The molecule has 4 heteroatoms. The molecule has 4 nitrogen and oxygen atoms in total. The van der Waals surface area contributed by atoms with Crippen molar-refractivity contribution in [3.63, 3.8) is 0 Å². The lowest BCUT2D eigenvalue weighted by Gasteiger charge is -2.36. The highest BCUT2D eigenvalue weighted by atomic mass is 16.2. The van der Waals surface area contributed by atoms with Crippen LogP contribution in [0.1, 0.15) is 18.9 Å². The first-order valence-corrected chi connectivity index (χ1v) is 6.89. The van der Waals surface area contributed by atoms with E-state index in [4.69, 9.17) is 0 Å². The van der Waals surface area contributed by atoms with E-state index >= 15 is 0 Å². The summed E-state index contributed by atoms with van der Waals surface area (Å²) in [6.45, 7) is 3.48. The van der Waals surface area contributed by atoms with Crippen molar-refractivity contribution >= 4 is 17.5 Å². The van der Waals surface area contributed by atoms with Gasteiger partial charge in [0.1, 0.15) is 5.82 Å². The molecule has 0 fully saturated rings. The van der Waals surface area contributed by atoms with Gasteiger partial charge in [0, 0.05) is 18.3 Å². The van der Waals surface area contributed by atoms with Crippen molar-refractivity contribution in [2.75, 3.05) is 11.4 Å². The number of amides is 2. The van der Waals surface area contributed by atoms with Crippen molar-refractivity contribution in [3.05, 3.63) is 54.2 Å². The highest BCUT2D eigenvalue weighted by Crippen LogP contribution is 2.32. The van der Waals surface area contributed by atoms with E-state index < -0.39 is 0 Å². The highest BCUT2D eigenvalue weighted by molar-refractivity contribution is 6.00. The molecule has 1 aromatic carbocycles. The van der Waals surface area contributed by atoms with Gasteiger partial charge in [0.05, 0.1) is 12.2 Å². The summed E-state index contributed by atoms with van der Waals surface area (Å²) >= 11 is 0. The second-order valence-electron chi connectivity index (χ2n) is 4.86. The van der Waals surface area contributed by atoms with E-state index in [-0.39, 0.29) is 6.03 Å². The van der Waals surface area contributed by atoms with Crippen molar-refractivity contribution in [2.24, 2.45) is 0 Å². The third-order valence-corrected chi connectivity index (χ3v) is 3.41. The van der Waals surface area contributed by atoms with Crippen LogP contribution in [-0.4, -0.2) is 22.5 Å². The lowest BCUT2D eigenvalue weighted by molar-refractivity contribution is 0.201. The fourth-order valence-corrected chi connectivity index (χ4v) is 2.51. The number of rotatable bonds is 3. The fourth-order valence-electron chi connectivity index (χ4n) is 2.51. The number of carbonyl (C=O) groups is 1. The second kappa shape index (κ2) is 5.33. The van der Waals surface area contributed by atoms with Crippen LogP contribution in [0.3, 0.4) is 0 Å². The second-order valence-corrected chi connectivity index (χ2v) is 4.86. The fraction of sp³-hybridized carbons (Fsp3) is 0.250. The van der Waals surface area contributed by atoms with Crippen molar-refractivity contribution in [3.8, 4) is 0 Å². The van der Waals surface area contributed by atoms with E-state index in [1.807, 2.05) is 47.4 Å². The molecule has 1 aromatic heterocycles. The third kappa shape index (κ3) is 2.13. The molecule has 0 radical (unpaired) electrons. The molecular formula is C16H17N3O. The van der Waals surface area contributed by atoms with Gasteiger partial charge in [0.25, 0.3) is 0 Å². The van der Waals surface area contributed by atoms with Crippen molar-refractivity contribution in [2.45, 2.75) is 19.9 Å². The number of urea groups is 1. The number of hydrogen-bond donors (Lipinski definition) is 0. The first kappa shape index (κ1) is 12.7. The van der Waals surface area contributed by atoms with Crippen LogP contribution in [0.15, 0.2) is 48.7 Å². The molecule has 0 saturated heterocycles. The zero-order valence-electron chi connectivity index (χ0n) is 11.5. The van der Waals surface area contributed by atoms with Gasteiger partial charge in [-0.1, -0.05) is 31.2 Å². The Morgan fingerprint density at radius 3 is 2.70 bits per heavy atom. The van der Waals surface area contributed by atoms with Gasteiger partial charge in [-0.05, 0) is 24.6 Å². The van der Waals surface area contributed by atoms with Crippen molar-refractivity contribution < 1.29 is 4.79 Å². The monoisotopic (exact) mass is 267 g/mol. The lowest BCUT2D eigenvalue weighted by atomic mass is 10.1. The smallest absolute Gasteiger partial charge is 0.320 e. The molecule has 102 valence electrons. The zero-order chi connectivity index (χ0) is 13.9. The number of para-hydroxylation sites is 1. The normalized spacial score (nSPS) is 14.3. The molecule has 3 rings (SSSR count). The van der Waals surface area contributed by atoms with Crippen molar-refractivity contribution in [1.82, 2.24) is 9.88 Å². The number of hydrogen-bond acceptors (Lipinski definition) is 2. The Balaban J connectivity index is 2.08. The standard InChI is InChI=1S/C16H17N3O/c1-2-11-18-12-13-7-6-10-17-15(13)19(16(18)20)14-8-4-3-5-9-14/h3-10H,2,11-12H2,1H3. The van der Waals surface area contributed by atoms with Gasteiger partial charge in [-0.2, -0.15) is 0 Å². The quantitative estimate of drug-likeness (QED) is 0.852. The maximum Gasteiger partial charge on any atom is 0.330 e. The Hall–Kier alpha value is -2.36. The molecule has 1 aliphatic heterocycles.